The van der Waals surface area contributed by atoms with Gasteiger partial charge in [0.25, 0.3) is 5.22 Å². The summed E-state index contributed by atoms with van der Waals surface area (Å²) < 4.78 is 11.2. The molecule has 1 aliphatic carbocycles. The second-order valence-electron chi connectivity index (χ2n) is 5.45. The molecule has 0 aliphatic heterocycles. The van der Waals surface area contributed by atoms with Crippen molar-refractivity contribution in [2.45, 2.75) is 55.9 Å². The first-order chi connectivity index (χ1) is 10.8. The van der Waals surface area contributed by atoms with Crippen LogP contribution in [0.3, 0.4) is 0 Å². The van der Waals surface area contributed by atoms with Crippen molar-refractivity contribution in [2.24, 2.45) is 0 Å². The first kappa shape index (κ1) is 15.3. The number of rotatable bonds is 6. The van der Waals surface area contributed by atoms with E-state index in [1.807, 2.05) is 19.1 Å². The van der Waals surface area contributed by atoms with Gasteiger partial charge in [0.05, 0.1) is 18.5 Å². The van der Waals surface area contributed by atoms with Gasteiger partial charge in [0, 0.05) is 11.7 Å². The lowest BCUT2D eigenvalue weighted by molar-refractivity contribution is 0.334. The van der Waals surface area contributed by atoms with Crippen molar-refractivity contribution >= 4 is 11.8 Å². The Hall–Kier alpha value is -1.56. The summed E-state index contributed by atoms with van der Waals surface area (Å²) >= 11 is 1.53. The van der Waals surface area contributed by atoms with Crippen molar-refractivity contribution in [1.29, 1.82) is 0 Å². The van der Waals surface area contributed by atoms with Crippen molar-refractivity contribution in [3.63, 3.8) is 0 Å². The van der Waals surface area contributed by atoms with E-state index in [-0.39, 0.29) is 0 Å². The summed E-state index contributed by atoms with van der Waals surface area (Å²) in [5, 5.41) is 9.00. The minimum absolute atomic E-state index is 0.458. The third-order valence-electron chi connectivity index (χ3n) is 3.83. The van der Waals surface area contributed by atoms with Crippen LogP contribution < -0.4 is 4.74 Å². The van der Waals surface area contributed by atoms with E-state index in [1.54, 1.807) is 6.20 Å². The van der Waals surface area contributed by atoms with Crippen molar-refractivity contribution < 1.29 is 9.15 Å². The molecule has 2 aromatic rings. The van der Waals surface area contributed by atoms with Gasteiger partial charge in [-0.1, -0.05) is 31.0 Å². The highest BCUT2D eigenvalue weighted by molar-refractivity contribution is 7.98. The van der Waals surface area contributed by atoms with E-state index in [9.17, 15) is 0 Å². The molecule has 0 amide bonds. The Balaban J connectivity index is 1.53. The van der Waals surface area contributed by atoms with Gasteiger partial charge in [-0.25, -0.2) is 0 Å². The zero-order valence-corrected chi connectivity index (χ0v) is 13.6. The van der Waals surface area contributed by atoms with Gasteiger partial charge < -0.3 is 9.15 Å². The molecule has 0 spiro atoms. The third-order valence-corrected chi connectivity index (χ3v) is 4.68. The van der Waals surface area contributed by atoms with Gasteiger partial charge in [-0.15, -0.1) is 10.2 Å². The quantitative estimate of drug-likeness (QED) is 0.744. The average molecular weight is 319 g/mol. The molecule has 5 nitrogen and oxygen atoms in total. The third kappa shape index (κ3) is 4.00. The van der Waals surface area contributed by atoms with Crippen LogP contribution in [0.5, 0.6) is 5.75 Å². The highest BCUT2D eigenvalue weighted by Gasteiger charge is 2.21. The highest BCUT2D eigenvalue weighted by Crippen LogP contribution is 2.33. The van der Waals surface area contributed by atoms with Crippen LogP contribution in [0.15, 0.2) is 28.0 Å². The van der Waals surface area contributed by atoms with Crippen LogP contribution in [-0.4, -0.2) is 21.8 Å². The molecule has 2 aromatic heterocycles. The fraction of sp³-hybridized carbons (Fsp3) is 0.562. The molecule has 22 heavy (non-hydrogen) atoms. The Kier molecular flexibility index (Phi) is 5.32. The average Bonchev–Trinajstić information content (AvgIpc) is 3.04. The molecule has 0 radical (unpaired) electrons. The van der Waals surface area contributed by atoms with E-state index in [0.29, 0.717) is 17.7 Å². The molecule has 0 bridgehead atoms. The molecule has 0 N–H and O–H groups in total. The van der Waals surface area contributed by atoms with Crippen molar-refractivity contribution in [2.75, 3.05) is 6.61 Å². The lowest BCUT2D eigenvalue weighted by Gasteiger charge is -2.17. The van der Waals surface area contributed by atoms with Crippen LogP contribution in [0.4, 0.5) is 0 Å². The smallest absolute Gasteiger partial charge is 0.276 e. The lowest BCUT2D eigenvalue weighted by Crippen LogP contribution is -2.04. The van der Waals surface area contributed by atoms with Crippen LogP contribution in [0, 0.1) is 0 Å². The van der Waals surface area contributed by atoms with Gasteiger partial charge in [0.1, 0.15) is 5.75 Å². The molecule has 0 atom stereocenters. The molecule has 0 aromatic carbocycles. The Labute approximate surface area is 134 Å². The topological polar surface area (TPSA) is 61.0 Å². The standard InChI is InChI=1S/C16H21N3O2S/c1-2-20-14-9-8-13(17-10-14)11-22-16-19-18-15(21-16)12-6-4-3-5-7-12/h8-10,12H,2-7,11H2,1H3. The van der Waals surface area contributed by atoms with Crippen LogP contribution in [0.25, 0.3) is 0 Å². The van der Waals surface area contributed by atoms with Gasteiger partial charge in [0.2, 0.25) is 5.89 Å². The fourth-order valence-electron chi connectivity index (χ4n) is 2.68. The van der Waals surface area contributed by atoms with Gasteiger partial charge in [0.15, 0.2) is 0 Å². The Morgan fingerprint density at radius 3 is 2.82 bits per heavy atom. The summed E-state index contributed by atoms with van der Waals surface area (Å²) in [7, 11) is 0. The summed E-state index contributed by atoms with van der Waals surface area (Å²) in [6, 6.07) is 3.91. The maximum Gasteiger partial charge on any atom is 0.276 e. The van der Waals surface area contributed by atoms with Gasteiger partial charge in [-0.2, -0.15) is 0 Å². The Morgan fingerprint density at radius 2 is 2.09 bits per heavy atom. The molecule has 3 rings (SSSR count). The number of ether oxygens (including phenoxy) is 1. The van der Waals surface area contributed by atoms with Gasteiger partial charge in [-0.3, -0.25) is 4.98 Å². The molecular weight excluding hydrogens is 298 g/mol. The fourth-order valence-corrected chi connectivity index (χ4v) is 3.36. The highest BCUT2D eigenvalue weighted by atomic mass is 32.2. The lowest BCUT2D eigenvalue weighted by atomic mass is 9.89. The maximum atomic E-state index is 5.80. The predicted octanol–water partition coefficient (Wildman–Crippen LogP) is 4.20. The molecule has 1 saturated carbocycles. The van der Waals surface area contributed by atoms with Gasteiger partial charge >= 0.3 is 0 Å². The number of nitrogens with zero attached hydrogens (tertiary/aromatic N) is 3. The van der Waals surface area contributed by atoms with Crippen LogP contribution in [0.1, 0.15) is 56.5 Å². The largest absolute Gasteiger partial charge is 0.492 e. The summed E-state index contributed by atoms with van der Waals surface area (Å²) in [6.45, 7) is 2.62. The van der Waals surface area contributed by atoms with E-state index in [0.717, 1.165) is 23.1 Å². The van der Waals surface area contributed by atoms with Gasteiger partial charge in [-0.05, 0) is 31.9 Å². The Bertz CT molecular complexity index is 579. The first-order valence-electron chi connectivity index (χ1n) is 7.89. The second-order valence-corrected chi connectivity index (χ2v) is 6.37. The normalized spacial score (nSPS) is 15.9. The molecule has 0 unspecified atom stereocenters. The number of hydrogen-bond donors (Lipinski definition) is 0. The van der Waals surface area contributed by atoms with E-state index >= 15 is 0 Å². The minimum Gasteiger partial charge on any atom is -0.492 e. The molecule has 1 fully saturated rings. The first-order valence-corrected chi connectivity index (χ1v) is 8.87. The minimum atomic E-state index is 0.458. The van der Waals surface area contributed by atoms with E-state index in [2.05, 4.69) is 15.2 Å². The van der Waals surface area contributed by atoms with E-state index in [4.69, 9.17) is 9.15 Å². The molecule has 0 saturated heterocycles. The number of hydrogen-bond acceptors (Lipinski definition) is 6. The second kappa shape index (κ2) is 7.63. The zero-order valence-electron chi connectivity index (χ0n) is 12.8. The van der Waals surface area contributed by atoms with Crippen LogP contribution in [0.2, 0.25) is 0 Å². The van der Waals surface area contributed by atoms with Crippen LogP contribution >= 0.6 is 11.8 Å². The molecule has 118 valence electrons. The zero-order chi connectivity index (χ0) is 15.2. The number of thioether (sulfide) groups is 1. The molecular formula is C16H21N3O2S. The summed E-state index contributed by atoms with van der Waals surface area (Å²) in [5.41, 5.74) is 0.978. The Morgan fingerprint density at radius 1 is 1.23 bits per heavy atom. The molecule has 2 heterocycles. The molecule has 6 heteroatoms. The number of pyridine rings is 1. The summed E-state index contributed by atoms with van der Waals surface area (Å²) in [4.78, 5) is 4.37. The monoisotopic (exact) mass is 319 g/mol. The summed E-state index contributed by atoms with van der Waals surface area (Å²) in [6.07, 6.45) is 7.97. The van der Waals surface area contributed by atoms with E-state index in [1.165, 1.54) is 43.9 Å². The van der Waals surface area contributed by atoms with E-state index < -0.39 is 0 Å². The SMILES string of the molecule is CCOc1ccc(CSc2nnc(C3CCCCC3)o2)nc1. The van der Waals surface area contributed by atoms with Crippen LogP contribution in [-0.2, 0) is 5.75 Å². The van der Waals surface area contributed by atoms with Crippen molar-refractivity contribution in [3.8, 4) is 5.75 Å². The predicted molar refractivity (Wildman–Crippen MR) is 85.1 cm³/mol. The van der Waals surface area contributed by atoms with Crippen molar-refractivity contribution in [3.05, 3.63) is 29.9 Å². The molecule has 1 aliphatic rings. The summed E-state index contributed by atoms with van der Waals surface area (Å²) in [5.74, 6) is 2.79. The van der Waals surface area contributed by atoms with Crippen molar-refractivity contribution in [1.82, 2.24) is 15.2 Å². The number of aromatic nitrogens is 3. The maximum absolute atomic E-state index is 5.80.